The highest BCUT2D eigenvalue weighted by atomic mass is 16.1. The highest BCUT2D eigenvalue weighted by Gasteiger charge is 2.23. The highest BCUT2D eigenvalue weighted by Crippen LogP contribution is 2.19. The van der Waals surface area contributed by atoms with Crippen LogP contribution in [0.15, 0.2) is 12.3 Å². The lowest BCUT2D eigenvalue weighted by molar-refractivity contribution is -0.123. The molecular weight excluding hydrogens is 190 g/mol. The van der Waals surface area contributed by atoms with Crippen LogP contribution in [0.4, 0.5) is 0 Å². The zero-order chi connectivity index (χ0) is 11.4. The fraction of sp³-hybridized carbons (Fsp3) is 0.545. The number of ketones is 1. The second-order valence-corrected chi connectivity index (χ2v) is 3.80. The van der Waals surface area contributed by atoms with Crippen LogP contribution in [0.25, 0.3) is 0 Å². The van der Waals surface area contributed by atoms with E-state index in [1.807, 2.05) is 26.8 Å². The van der Waals surface area contributed by atoms with Crippen LogP contribution in [0.1, 0.15) is 38.9 Å². The number of hydrogen-bond acceptors (Lipinski definition) is 3. The normalized spacial score (nSPS) is 12.5. The first-order valence-electron chi connectivity index (χ1n) is 5.08. The first-order chi connectivity index (χ1) is 7.10. The molecule has 0 spiro atoms. The third-order valence-corrected chi connectivity index (χ3v) is 2.32. The van der Waals surface area contributed by atoms with Crippen LogP contribution in [0.2, 0.25) is 0 Å². The SMILES string of the molecule is CCC(=O)C(C(C)C)n1ccc(C#N)n1. The summed E-state index contributed by atoms with van der Waals surface area (Å²) in [7, 11) is 0. The van der Waals surface area contributed by atoms with Crippen LogP contribution >= 0.6 is 0 Å². The fourth-order valence-electron chi connectivity index (χ4n) is 1.59. The van der Waals surface area contributed by atoms with Crippen LogP contribution in [0, 0.1) is 17.2 Å². The number of carbonyl (C=O) groups is 1. The molecule has 1 aromatic heterocycles. The summed E-state index contributed by atoms with van der Waals surface area (Å²) in [5, 5.41) is 12.7. The minimum Gasteiger partial charge on any atom is -0.297 e. The molecule has 1 atom stereocenters. The molecule has 0 aliphatic heterocycles. The van der Waals surface area contributed by atoms with Gasteiger partial charge in [-0.05, 0) is 12.0 Å². The Balaban J connectivity index is 3.00. The first-order valence-corrected chi connectivity index (χ1v) is 5.08. The third-order valence-electron chi connectivity index (χ3n) is 2.32. The van der Waals surface area contributed by atoms with E-state index >= 15 is 0 Å². The number of nitrogens with zero attached hydrogens (tertiary/aromatic N) is 3. The molecule has 4 heteroatoms. The molecule has 15 heavy (non-hydrogen) atoms. The zero-order valence-corrected chi connectivity index (χ0v) is 9.27. The van der Waals surface area contributed by atoms with Crippen LogP contribution < -0.4 is 0 Å². The van der Waals surface area contributed by atoms with E-state index in [0.29, 0.717) is 12.1 Å². The Kier molecular flexibility index (Phi) is 3.62. The van der Waals surface area contributed by atoms with Crippen molar-refractivity contribution in [2.45, 2.75) is 33.2 Å². The predicted octanol–water partition coefficient (Wildman–Crippen LogP) is 1.93. The van der Waals surface area contributed by atoms with Crippen molar-refractivity contribution in [1.29, 1.82) is 5.26 Å². The molecule has 0 bridgehead atoms. The van der Waals surface area contributed by atoms with Gasteiger partial charge in [0.05, 0.1) is 0 Å². The van der Waals surface area contributed by atoms with Gasteiger partial charge in [-0.1, -0.05) is 20.8 Å². The van der Waals surface area contributed by atoms with Gasteiger partial charge in [0, 0.05) is 12.6 Å². The van der Waals surface area contributed by atoms with Gasteiger partial charge in [-0.3, -0.25) is 9.48 Å². The molecule has 0 fully saturated rings. The molecule has 1 unspecified atom stereocenters. The zero-order valence-electron chi connectivity index (χ0n) is 9.27. The number of rotatable bonds is 4. The van der Waals surface area contributed by atoms with E-state index in [9.17, 15) is 4.79 Å². The number of aromatic nitrogens is 2. The summed E-state index contributed by atoms with van der Waals surface area (Å²) in [6.45, 7) is 5.80. The van der Waals surface area contributed by atoms with Gasteiger partial charge in [-0.25, -0.2) is 0 Å². The average Bonchev–Trinajstić information content (AvgIpc) is 2.65. The van der Waals surface area contributed by atoms with Crippen LogP contribution in [0.5, 0.6) is 0 Å². The summed E-state index contributed by atoms with van der Waals surface area (Å²) in [6.07, 6.45) is 2.18. The summed E-state index contributed by atoms with van der Waals surface area (Å²) in [4.78, 5) is 11.7. The largest absolute Gasteiger partial charge is 0.297 e. The lowest BCUT2D eigenvalue weighted by Gasteiger charge is -2.19. The van der Waals surface area contributed by atoms with Gasteiger partial charge in [0.1, 0.15) is 12.1 Å². The summed E-state index contributed by atoms with van der Waals surface area (Å²) in [5.74, 6) is 0.335. The lowest BCUT2D eigenvalue weighted by Crippen LogP contribution is -2.24. The predicted molar refractivity (Wildman–Crippen MR) is 56.1 cm³/mol. The molecule has 0 amide bonds. The molecule has 1 aromatic rings. The quantitative estimate of drug-likeness (QED) is 0.754. The Morgan fingerprint density at radius 3 is 2.73 bits per heavy atom. The Labute approximate surface area is 89.5 Å². The molecule has 0 saturated carbocycles. The highest BCUT2D eigenvalue weighted by molar-refractivity contribution is 5.82. The van der Waals surface area contributed by atoms with Crippen molar-refractivity contribution in [3.05, 3.63) is 18.0 Å². The van der Waals surface area contributed by atoms with Crippen molar-refractivity contribution < 1.29 is 4.79 Å². The maximum absolute atomic E-state index is 11.7. The molecule has 0 radical (unpaired) electrons. The molecule has 80 valence electrons. The monoisotopic (exact) mass is 205 g/mol. The minimum absolute atomic E-state index is 0.151. The molecule has 0 N–H and O–H groups in total. The molecule has 0 aliphatic carbocycles. The maximum Gasteiger partial charge on any atom is 0.162 e. The summed E-state index contributed by atoms with van der Waals surface area (Å²) in [6, 6.07) is 3.33. The Morgan fingerprint density at radius 2 is 2.33 bits per heavy atom. The van der Waals surface area contributed by atoms with Gasteiger partial charge >= 0.3 is 0 Å². The molecule has 1 heterocycles. The van der Waals surface area contributed by atoms with Crippen molar-refractivity contribution in [3.8, 4) is 6.07 Å². The Morgan fingerprint density at radius 1 is 1.67 bits per heavy atom. The number of carbonyl (C=O) groups excluding carboxylic acids is 1. The average molecular weight is 205 g/mol. The Hall–Kier alpha value is -1.63. The van der Waals surface area contributed by atoms with E-state index < -0.39 is 0 Å². The lowest BCUT2D eigenvalue weighted by atomic mass is 9.99. The van der Waals surface area contributed by atoms with Gasteiger partial charge in [0.2, 0.25) is 0 Å². The summed E-state index contributed by atoms with van der Waals surface area (Å²) < 4.78 is 1.59. The topological polar surface area (TPSA) is 58.7 Å². The van der Waals surface area contributed by atoms with Crippen molar-refractivity contribution in [2.75, 3.05) is 0 Å². The maximum atomic E-state index is 11.7. The van der Waals surface area contributed by atoms with E-state index in [-0.39, 0.29) is 17.7 Å². The van der Waals surface area contributed by atoms with Gasteiger partial charge in [-0.2, -0.15) is 10.4 Å². The smallest absolute Gasteiger partial charge is 0.162 e. The van der Waals surface area contributed by atoms with Crippen LogP contribution in [0.3, 0.4) is 0 Å². The number of Topliss-reactive ketones (excluding diaryl/α,β-unsaturated/α-hetero) is 1. The standard InChI is InChI=1S/C11H15N3O/c1-4-10(15)11(8(2)3)14-6-5-9(7-12)13-14/h5-6,8,11H,4H2,1-3H3. The van der Waals surface area contributed by atoms with E-state index in [1.54, 1.807) is 16.9 Å². The van der Waals surface area contributed by atoms with Crippen molar-refractivity contribution in [1.82, 2.24) is 9.78 Å². The van der Waals surface area contributed by atoms with E-state index in [1.165, 1.54) is 0 Å². The first kappa shape index (κ1) is 11.4. The molecule has 0 saturated heterocycles. The molecule has 0 aliphatic rings. The molecule has 4 nitrogen and oxygen atoms in total. The van der Waals surface area contributed by atoms with Crippen molar-refractivity contribution in [2.24, 2.45) is 5.92 Å². The van der Waals surface area contributed by atoms with E-state index in [4.69, 9.17) is 5.26 Å². The van der Waals surface area contributed by atoms with Gasteiger partial charge < -0.3 is 0 Å². The number of hydrogen-bond donors (Lipinski definition) is 0. The van der Waals surface area contributed by atoms with Crippen molar-refractivity contribution in [3.63, 3.8) is 0 Å². The van der Waals surface area contributed by atoms with Gasteiger partial charge in [-0.15, -0.1) is 0 Å². The molecular formula is C11H15N3O. The second-order valence-electron chi connectivity index (χ2n) is 3.80. The van der Waals surface area contributed by atoms with Crippen LogP contribution in [-0.4, -0.2) is 15.6 Å². The fourth-order valence-corrected chi connectivity index (χ4v) is 1.59. The van der Waals surface area contributed by atoms with E-state index in [2.05, 4.69) is 5.10 Å². The van der Waals surface area contributed by atoms with Gasteiger partial charge in [0.25, 0.3) is 0 Å². The number of nitriles is 1. The van der Waals surface area contributed by atoms with E-state index in [0.717, 1.165) is 0 Å². The van der Waals surface area contributed by atoms with Gasteiger partial charge in [0.15, 0.2) is 11.5 Å². The summed E-state index contributed by atoms with van der Waals surface area (Å²) in [5.41, 5.74) is 0.351. The minimum atomic E-state index is -0.253. The van der Waals surface area contributed by atoms with Crippen LogP contribution in [-0.2, 0) is 4.79 Å². The Bertz CT molecular complexity index is 387. The van der Waals surface area contributed by atoms with Crippen molar-refractivity contribution >= 4 is 5.78 Å². The molecule has 1 rings (SSSR count). The summed E-state index contributed by atoms with van der Waals surface area (Å²) >= 11 is 0. The molecule has 0 aromatic carbocycles. The second kappa shape index (κ2) is 4.74. The third kappa shape index (κ3) is 2.44.